The van der Waals surface area contributed by atoms with Crippen molar-refractivity contribution in [3.05, 3.63) is 75.3 Å². The number of methoxy groups -OCH3 is 2. The highest BCUT2D eigenvalue weighted by Gasteiger charge is 2.39. The van der Waals surface area contributed by atoms with Gasteiger partial charge < -0.3 is 33.3 Å². The Kier molecular flexibility index (Phi) is 8.77. The van der Waals surface area contributed by atoms with Crippen molar-refractivity contribution in [1.82, 2.24) is 0 Å². The Morgan fingerprint density at radius 2 is 1.80 bits per heavy atom. The van der Waals surface area contributed by atoms with Gasteiger partial charge in [-0.25, -0.2) is 0 Å². The highest BCUT2D eigenvalue weighted by atomic mass is 35.5. The van der Waals surface area contributed by atoms with Crippen molar-refractivity contribution in [1.29, 1.82) is 0 Å². The van der Waals surface area contributed by atoms with Crippen molar-refractivity contribution < 1.29 is 38.0 Å². The average molecular weight is 602 g/mol. The van der Waals surface area contributed by atoms with Crippen LogP contribution in [0.5, 0.6) is 23.0 Å². The molecular weight excluding hydrogens is 573 g/mol. The number of carbonyl (C=O) groups is 2. The predicted octanol–water partition coefficient (Wildman–Crippen LogP) is 5.76. The number of hydrogen-bond donors (Lipinski definition) is 0. The van der Waals surface area contributed by atoms with Gasteiger partial charge in [-0.3, -0.25) is 9.59 Å². The van der Waals surface area contributed by atoms with Crippen LogP contribution in [0.1, 0.15) is 36.1 Å². The third-order valence-electron chi connectivity index (χ3n) is 6.85. The minimum Gasteiger partial charge on any atom is -0.497 e. The standard InChI is InChI=1S/C30H29Cl2NO8/c1-4-38-26(34)15-25-30(35)33(16-17-5-7-19(36-2)14-24(17)37-3)22-9-6-18(31)13-21(22)28(41-25)20-8-10-23-29(27(20)32)40-12-11-39-23/h5-10,13-14,25,28H,4,11-12,15-16H2,1-3H3/t25-,28-/m1/s1. The molecule has 5 rings (SSSR count). The van der Waals surface area contributed by atoms with Gasteiger partial charge in [0.25, 0.3) is 5.91 Å². The fourth-order valence-corrected chi connectivity index (χ4v) is 5.42. The fourth-order valence-electron chi connectivity index (χ4n) is 4.93. The molecule has 0 fully saturated rings. The third kappa shape index (κ3) is 5.88. The number of carbonyl (C=O) groups excluding carboxylic acids is 2. The van der Waals surface area contributed by atoms with Crippen LogP contribution in [0.25, 0.3) is 0 Å². The average Bonchev–Trinajstić information content (AvgIpc) is 3.08. The molecule has 1 amide bonds. The summed E-state index contributed by atoms with van der Waals surface area (Å²) in [4.78, 5) is 28.4. The summed E-state index contributed by atoms with van der Waals surface area (Å²) in [6.07, 6.45) is -2.37. The van der Waals surface area contributed by atoms with Crippen LogP contribution < -0.4 is 23.8 Å². The number of nitrogens with zero attached hydrogens (tertiary/aromatic N) is 1. The normalized spacial score (nSPS) is 17.9. The molecule has 11 heteroatoms. The third-order valence-corrected chi connectivity index (χ3v) is 7.47. The maximum atomic E-state index is 14.2. The van der Waals surface area contributed by atoms with Gasteiger partial charge in [0, 0.05) is 27.8 Å². The van der Waals surface area contributed by atoms with Gasteiger partial charge in [0.2, 0.25) is 0 Å². The molecule has 0 bridgehead atoms. The summed E-state index contributed by atoms with van der Waals surface area (Å²) in [5.74, 6) is 1.04. The van der Waals surface area contributed by atoms with E-state index in [0.29, 0.717) is 63.6 Å². The van der Waals surface area contributed by atoms with Crippen LogP contribution in [-0.4, -0.2) is 52.0 Å². The number of halogens is 2. The van der Waals surface area contributed by atoms with Gasteiger partial charge >= 0.3 is 5.97 Å². The fraction of sp³-hybridized carbons (Fsp3) is 0.333. The van der Waals surface area contributed by atoms with Crippen molar-refractivity contribution in [2.45, 2.75) is 32.1 Å². The Morgan fingerprint density at radius 1 is 1.00 bits per heavy atom. The lowest BCUT2D eigenvalue weighted by Crippen LogP contribution is -2.40. The Bertz CT molecular complexity index is 1460. The van der Waals surface area contributed by atoms with E-state index in [1.165, 1.54) is 0 Å². The van der Waals surface area contributed by atoms with E-state index in [2.05, 4.69) is 0 Å². The zero-order chi connectivity index (χ0) is 29.1. The molecular formula is C30H29Cl2NO8. The first-order valence-electron chi connectivity index (χ1n) is 13.0. The van der Waals surface area contributed by atoms with Gasteiger partial charge in [0.15, 0.2) is 11.5 Å². The number of amides is 1. The van der Waals surface area contributed by atoms with Crippen molar-refractivity contribution >= 4 is 40.8 Å². The number of esters is 1. The topological polar surface area (TPSA) is 92.8 Å². The number of benzene rings is 3. The second-order valence-corrected chi connectivity index (χ2v) is 10.1. The molecule has 2 aliphatic rings. The summed E-state index contributed by atoms with van der Waals surface area (Å²) in [5.41, 5.74) is 2.38. The monoisotopic (exact) mass is 601 g/mol. The number of hydrogen-bond acceptors (Lipinski definition) is 8. The Morgan fingerprint density at radius 3 is 2.56 bits per heavy atom. The first-order chi connectivity index (χ1) is 19.8. The quantitative estimate of drug-likeness (QED) is 0.301. The van der Waals surface area contributed by atoms with Gasteiger partial charge in [-0.1, -0.05) is 29.3 Å². The molecule has 216 valence electrons. The number of ether oxygens (including phenoxy) is 6. The van der Waals surface area contributed by atoms with Crippen molar-refractivity contribution in [3.8, 4) is 23.0 Å². The van der Waals surface area contributed by atoms with E-state index < -0.39 is 24.1 Å². The maximum absolute atomic E-state index is 14.2. The molecule has 9 nitrogen and oxygen atoms in total. The number of fused-ring (bicyclic) bond motifs is 2. The molecule has 2 atom stereocenters. The Labute approximate surface area is 247 Å². The van der Waals surface area contributed by atoms with Gasteiger partial charge in [-0.15, -0.1) is 0 Å². The van der Waals surface area contributed by atoms with Gasteiger partial charge in [-0.2, -0.15) is 0 Å². The molecule has 0 saturated carbocycles. The van der Waals surface area contributed by atoms with Crippen LogP contribution in [-0.2, 0) is 25.6 Å². The van der Waals surface area contributed by atoms with Crippen molar-refractivity contribution in [3.63, 3.8) is 0 Å². The molecule has 41 heavy (non-hydrogen) atoms. The summed E-state index contributed by atoms with van der Waals surface area (Å²) in [6, 6.07) is 14.0. The highest BCUT2D eigenvalue weighted by Crippen LogP contribution is 2.47. The van der Waals surface area contributed by atoms with Crippen molar-refractivity contribution in [2.24, 2.45) is 0 Å². The molecule has 0 aliphatic carbocycles. The van der Waals surface area contributed by atoms with Crippen LogP contribution in [0.2, 0.25) is 10.0 Å². The smallest absolute Gasteiger partial charge is 0.308 e. The lowest BCUT2D eigenvalue weighted by atomic mass is 9.98. The second-order valence-electron chi connectivity index (χ2n) is 9.31. The zero-order valence-electron chi connectivity index (χ0n) is 22.8. The summed E-state index contributed by atoms with van der Waals surface area (Å²) in [7, 11) is 3.11. The lowest BCUT2D eigenvalue weighted by molar-refractivity contribution is -0.151. The van der Waals surface area contributed by atoms with Crippen molar-refractivity contribution in [2.75, 3.05) is 38.9 Å². The zero-order valence-corrected chi connectivity index (χ0v) is 24.3. The van der Waals surface area contributed by atoms with E-state index in [0.717, 1.165) is 0 Å². The second kappa shape index (κ2) is 12.5. The van der Waals surface area contributed by atoms with Crippen LogP contribution in [0.3, 0.4) is 0 Å². The Hall–Kier alpha value is -3.66. The van der Waals surface area contributed by atoms with Gasteiger partial charge in [-0.05, 0) is 43.3 Å². The molecule has 0 N–H and O–H groups in total. The Balaban J connectivity index is 1.65. The first kappa shape index (κ1) is 28.9. The van der Waals surface area contributed by atoms with E-state index in [9.17, 15) is 9.59 Å². The van der Waals surface area contributed by atoms with E-state index in [-0.39, 0.29) is 24.6 Å². The SMILES string of the molecule is CCOC(=O)C[C@H]1O[C@H](c2ccc3c(c2Cl)OCCO3)c2cc(Cl)ccc2N(Cc2ccc(OC)cc2OC)C1=O. The largest absolute Gasteiger partial charge is 0.497 e. The summed E-state index contributed by atoms with van der Waals surface area (Å²) in [6.45, 7) is 2.72. The van der Waals surface area contributed by atoms with Crippen LogP contribution in [0.4, 0.5) is 5.69 Å². The minimum atomic E-state index is -1.20. The summed E-state index contributed by atoms with van der Waals surface area (Å²) in [5, 5.41) is 0.718. The van der Waals surface area contributed by atoms with Gasteiger partial charge in [0.1, 0.15) is 36.9 Å². The molecule has 0 saturated heterocycles. The van der Waals surface area contributed by atoms with E-state index in [1.807, 2.05) is 6.07 Å². The molecule has 0 spiro atoms. The summed E-state index contributed by atoms with van der Waals surface area (Å²) >= 11 is 13.3. The molecule has 2 heterocycles. The van der Waals surface area contributed by atoms with Crippen LogP contribution in [0.15, 0.2) is 48.5 Å². The lowest BCUT2D eigenvalue weighted by Gasteiger charge is -2.26. The highest BCUT2D eigenvalue weighted by molar-refractivity contribution is 6.33. The summed E-state index contributed by atoms with van der Waals surface area (Å²) < 4.78 is 34.1. The first-order valence-corrected chi connectivity index (χ1v) is 13.8. The molecule has 2 aliphatic heterocycles. The number of anilines is 1. The van der Waals surface area contributed by atoms with E-state index >= 15 is 0 Å². The molecule has 0 unspecified atom stereocenters. The molecule has 3 aromatic carbocycles. The minimum absolute atomic E-state index is 0.116. The predicted molar refractivity (Wildman–Crippen MR) is 153 cm³/mol. The molecule has 3 aromatic rings. The van der Waals surface area contributed by atoms with Gasteiger partial charge in [0.05, 0.1) is 44.5 Å². The van der Waals surface area contributed by atoms with Crippen LogP contribution >= 0.6 is 23.2 Å². The van der Waals surface area contributed by atoms with E-state index in [1.54, 1.807) is 68.5 Å². The van der Waals surface area contributed by atoms with Crippen LogP contribution in [0, 0.1) is 0 Å². The maximum Gasteiger partial charge on any atom is 0.308 e. The van der Waals surface area contributed by atoms with E-state index in [4.69, 9.17) is 51.6 Å². The number of rotatable bonds is 8. The molecule has 0 aromatic heterocycles. The molecule has 0 radical (unpaired) electrons.